The lowest BCUT2D eigenvalue weighted by molar-refractivity contribution is -0.0375. The lowest BCUT2D eigenvalue weighted by Crippen LogP contribution is -2.21. The minimum Gasteiger partial charge on any atom is -0.390 e. The van der Waals surface area contributed by atoms with Crippen molar-refractivity contribution in [2.75, 3.05) is 0 Å². The number of nitrogens with zero attached hydrogens (tertiary/aromatic N) is 8. The number of hydrogen-bond donors (Lipinski definition) is 0. The predicted octanol–water partition coefficient (Wildman–Crippen LogP) is 3.25. The van der Waals surface area contributed by atoms with Crippen molar-refractivity contribution < 1.29 is 9.57 Å². The average Bonchev–Trinajstić information content (AvgIpc) is 3.17. The van der Waals surface area contributed by atoms with Gasteiger partial charge >= 0.3 is 0 Å². The quantitative estimate of drug-likeness (QED) is 0.274. The molecule has 0 unspecified atom stereocenters. The maximum Gasteiger partial charge on any atom is 0.165 e. The van der Waals surface area contributed by atoms with Crippen LogP contribution in [0.25, 0.3) is 21.6 Å². The second-order valence-corrected chi connectivity index (χ2v) is 5.67. The highest BCUT2D eigenvalue weighted by atomic mass is 16.7. The van der Waals surface area contributed by atoms with Crippen LogP contribution in [0.4, 0.5) is 5.82 Å². The summed E-state index contributed by atoms with van der Waals surface area (Å²) in [7, 11) is 0. The summed E-state index contributed by atoms with van der Waals surface area (Å²) in [4.78, 5) is 20.8. The van der Waals surface area contributed by atoms with E-state index in [-0.39, 0.29) is 24.3 Å². The van der Waals surface area contributed by atoms with Crippen LogP contribution in [0.5, 0.6) is 0 Å². The molecule has 1 saturated heterocycles. The first-order chi connectivity index (χ1) is 11.6. The number of rotatable bonds is 5. The maximum atomic E-state index is 8.61. The minimum atomic E-state index is -0.272. The van der Waals surface area contributed by atoms with Gasteiger partial charge in [-0.1, -0.05) is 12.1 Å². The van der Waals surface area contributed by atoms with Crippen molar-refractivity contribution in [1.82, 2.24) is 19.5 Å². The molecule has 10 heteroatoms. The fourth-order valence-electron chi connectivity index (χ4n) is 2.68. The first-order valence-corrected chi connectivity index (χ1v) is 7.69. The van der Waals surface area contributed by atoms with Gasteiger partial charge in [0.25, 0.3) is 0 Å². The molecule has 24 heavy (non-hydrogen) atoms. The van der Waals surface area contributed by atoms with Crippen LogP contribution in [0, 0.1) is 0 Å². The Morgan fingerprint density at radius 2 is 2.29 bits per heavy atom. The van der Waals surface area contributed by atoms with Crippen molar-refractivity contribution in [2.45, 2.75) is 52.0 Å². The lowest BCUT2D eigenvalue weighted by Gasteiger charge is -2.14. The normalized spacial score (nSPS) is 23.0. The molecule has 0 amide bonds. The highest BCUT2D eigenvalue weighted by molar-refractivity contribution is 5.80. The van der Waals surface area contributed by atoms with E-state index in [1.54, 1.807) is 6.33 Å². The zero-order valence-corrected chi connectivity index (χ0v) is 13.7. The van der Waals surface area contributed by atoms with Crippen molar-refractivity contribution in [3.63, 3.8) is 0 Å². The van der Waals surface area contributed by atoms with Gasteiger partial charge in [-0.25, -0.2) is 15.0 Å². The summed E-state index contributed by atoms with van der Waals surface area (Å²) in [5, 5.41) is 7.59. The van der Waals surface area contributed by atoms with Gasteiger partial charge in [-0.2, -0.15) is 0 Å². The number of azide groups is 1. The van der Waals surface area contributed by atoms with Gasteiger partial charge in [0.2, 0.25) is 0 Å². The van der Waals surface area contributed by atoms with Gasteiger partial charge in [-0.3, -0.25) is 4.57 Å². The Hall–Kier alpha value is -2.71. The molecule has 1 aliphatic heterocycles. The van der Waals surface area contributed by atoms with E-state index < -0.39 is 0 Å². The predicted molar refractivity (Wildman–Crippen MR) is 86.6 cm³/mol. The zero-order valence-electron chi connectivity index (χ0n) is 13.7. The third-order valence-corrected chi connectivity index (χ3v) is 3.74. The first-order valence-electron chi connectivity index (χ1n) is 7.69. The third kappa shape index (κ3) is 3.01. The number of aromatic nitrogens is 4. The minimum absolute atomic E-state index is 0.0611. The molecule has 0 aromatic carbocycles. The molecule has 10 nitrogen and oxygen atoms in total. The molecule has 126 valence electrons. The molecule has 3 heterocycles. The number of ether oxygens (including phenoxy) is 1. The summed E-state index contributed by atoms with van der Waals surface area (Å²) in [6, 6.07) is 0. The molecule has 3 rings (SSSR count). The summed E-state index contributed by atoms with van der Waals surface area (Å²) in [6.45, 7) is 5.80. The molecule has 0 bridgehead atoms. The number of hydrogen-bond acceptors (Lipinski definition) is 7. The van der Waals surface area contributed by atoms with Gasteiger partial charge in [-0.05, 0) is 30.9 Å². The second kappa shape index (κ2) is 6.81. The van der Waals surface area contributed by atoms with Gasteiger partial charge in [0.15, 0.2) is 17.6 Å². The lowest BCUT2D eigenvalue weighted by atomic mass is 10.1. The molecular formula is C14H18N8O2. The largest absolute Gasteiger partial charge is 0.390 e. The standard InChI is InChI=1S/C14H18N8O2/c1-4-9-10(24-20-8(2)3)5-11(23-9)22-7-18-12-13(19-21-15)16-6-17-14(12)22/h6-7,9-11H,4-5H2,1-3H3/t9-,10-,11-/m1/s1. The molecule has 0 spiro atoms. The van der Waals surface area contributed by atoms with Gasteiger partial charge in [-0.15, -0.1) is 0 Å². The van der Waals surface area contributed by atoms with E-state index in [9.17, 15) is 0 Å². The Morgan fingerprint density at radius 1 is 1.46 bits per heavy atom. The number of imidazole rings is 1. The Morgan fingerprint density at radius 3 is 3.00 bits per heavy atom. The number of oxime groups is 1. The molecule has 3 atom stereocenters. The third-order valence-electron chi connectivity index (χ3n) is 3.74. The van der Waals surface area contributed by atoms with Crippen LogP contribution in [0.3, 0.4) is 0 Å². The molecule has 0 N–H and O–H groups in total. The average molecular weight is 330 g/mol. The Balaban J connectivity index is 1.90. The maximum absolute atomic E-state index is 8.61. The van der Waals surface area contributed by atoms with Crippen molar-refractivity contribution in [3.8, 4) is 0 Å². The monoisotopic (exact) mass is 330 g/mol. The van der Waals surface area contributed by atoms with E-state index in [0.29, 0.717) is 17.6 Å². The topological polar surface area (TPSA) is 123 Å². The summed E-state index contributed by atoms with van der Waals surface area (Å²) in [5.74, 6) is 0.199. The summed E-state index contributed by atoms with van der Waals surface area (Å²) >= 11 is 0. The first kappa shape index (κ1) is 16.2. The molecule has 1 fully saturated rings. The van der Waals surface area contributed by atoms with E-state index in [4.69, 9.17) is 15.1 Å². The molecule has 2 aromatic heterocycles. The van der Waals surface area contributed by atoms with Crippen LogP contribution in [0.15, 0.2) is 22.9 Å². The SMILES string of the molecule is CC[C@H]1O[C@@H](n2cnc3c(N=[N+]=[N-])ncnc32)C[C@H]1ON=C(C)C. The van der Waals surface area contributed by atoms with Gasteiger partial charge in [0.1, 0.15) is 18.1 Å². The van der Waals surface area contributed by atoms with Gasteiger partial charge < -0.3 is 9.57 Å². The highest BCUT2D eigenvalue weighted by Gasteiger charge is 2.38. The molecule has 1 aliphatic rings. The highest BCUT2D eigenvalue weighted by Crippen LogP contribution is 2.34. The fourth-order valence-corrected chi connectivity index (χ4v) is 2.68. The van der Waals surface area contributed by atoms with E-state index in [2.05, 4.69) is 30.1 Å². The molecule has 0 aliphatic carbocycles. The van der Waals surface area contributed by atoms with Crippen LogP contribution >= 0.6 is 0 Å². The van der Waals surface area contributed by atoms with E-state index >= 15 is 0 Å². The van der Waals surface area contributed by atoms with Crippen LogP contribution in [0.1, 0.15) is 39.8 Å². The van der Waals surface area contributed by atoms with Crippen LogP contribution in [-0.2, 0) is 9.57 Å². The van der Waals surface area contributed by atoms with E-state index in [1.807, 2.05) is 25.3 Å². The summed E-state index contributed by atoms with van der Waals surface area (Å²) < 4.78 is 7.88. The van der Waals surface area contributed by atoms with Crippen LogP contribution < -0.4 is 0 Å². The van der Waals surface area contributed by atoms with Crippen molar-refractivity contribution in [1.29, 1.82) is 0 Å². The molecular weight excluding hydrogens is 312 g/mol. The van der Waals surface area contributed by atoms with Crippen LogP contribution in [-0.4, -0.2) is 37.4 Å². The van der Waals surface area contributed by atoms with E-state index in [1.165, 1.54) is 6.33 Å². The number of fused-ring (bicyclic) bond motifs is 1. The Bertz CT molecular complexity index is 806. The van der Waals surface area contributed by atoms with Crippen molar-refractivity contribution >= 4 is 22.7 Å². The fraction of sp³-hybridized carbons (Fsp3) is 0.571. The molecule has 0 saturated carbocycles. The van der Waals surface area contributed by atoms with Gasteiger partial charge in [0.05, 0.1) is 18.1 Å². The van der Waals surface area contributed by atoms with E-state index in [0.717, 1.165) is 12.1 Å². The summed E-state index contributed by atoms with van der Waals surface area (Å²) in [5.41, 5.74) is 10.5. The second-order valence-electron chi connectivity index (χ2n) is 5.67. The molecule has 0 radical (unpaired) electrons. The van der Waals surface area contributed by atoms with Crippen LogP contribution in [0.2, 0.25) is 0 Å². The molecule has 2 aromatic rings. The Kier molecular flexibility index (Phi) is 4.59. The van der Waals surface area contributed by atoms with Crippen molar-refractivity contribution in [2.24, 2.45) is 10.3 Å². The van der Waals surface area contributed by atoms with Gasteiger partial charge in [0, 0.05) is 11.3 Å². The Labute approximate surface area is 138 Å². The van der Waals surface area contributed by atoms with Crippen molar-refractivity contribution in [3.05, 3.63) is 23.1 Å². The summed E-state index contributed by atoms with van der Waals surface area (Å²) in [6.07, 6.45) is 3.93. The smallest absolute Gasteiger partial charge is 0.165 e. The zero-order chi connectivity index (χ0) is 17.1.